The third-order valence-electron chi connectivity index (χ3n) is 2.03. The van der Waals surface area contributed by atoms with E-state index < -0.39 is 0 Å². The van der Waals surface area contributed by atoms with Gasteiger partial charge in [0.25, 0.3) is 0 Å². The summed E-state index contributed by atoms with van der Waals surface area (Å²) in [6, 6.07) is 0. The van der Waals surface area contributed by atoms with E-state index in [-0.39, 0.29) is 0 Å². The van der Waals surface area contributed by atoms with Crippen LogP contribution in [0.2, 0.25) is 0 Å². The van der Waals surface area contributed by atoms with Gasteiger partial charge in [-0.3, -0.25) is 20.2 Å². The number of hydrogen-bond donors (Lipinski definition) is 2. The molecule has 0 aliphatic carbocycles. The highest BCUT2D eigenvalue weighted by Crippen LogP contribution is 2.24. The van der Waals surface area contributed by atoms with Crippen LogP contribution in [0.15, 0.2) is 24.0 Å². The number of nitrogens with zero attached hydrogens (tertiary/aromatic N) is 4. The zero-order chi connectivity index (χ0) is 11.7. The highest BCUT2D eigenvalue weighted by atomic mass is 32.1. The van der Waals surface area contributed by atoms with Gasteiger partial charge in [0.15, 0.2) is 5.82 Å². The molecule has 3 aromatic rings. The molecule has 6 nitrogen and oxygen atoms in total. The van der Waals surface area contributed by atoms with Crippen LogP contribution in [0.3, 0.4) is 0 Å². The van der Waals surface area contributed by atoms with Crippen molar-refractivity contribution in [1.82, 2.24) is 30.1 Å². The highest BCUT2D eigenvalue weighted by Gasteiger charge is 2.09. The van der Waals surface area contributed by atoms with Crippen LogP contribution in [-0.2, 0) is 0 Å². The molecule has 0 aliphatic rings. The Hall–Kier alpha value is -1.93. The van der Waals surface area contributed by atoms with Gasteiger partial charge >= 0.3 is 0 Å². The molecule has 0 amide bonds. The summed E-state index contributed by atoms with van der Waals surface area (Å²) in [4.78, 5) is 16.7. The third kappa shape index (κ3) is 1.99. The molecule has 0 unspecified atom stereocenters. The van der Waals surface area contributed by atoms with Crippen molar-refractivity contribution in [2.24, 2.45) is 0 Å². The standard InChI is InChI=1S/C9H6N6S2/c16-9-13-7(14-15-9)6-4-17-8(12-6)5-3-10-1-2-11-5/h1-4H,(H2,13,14,15,16). The van der Waals surface area contributed by atoms with Crippen LogP contribution < -0.4 is 0 Å². The summed E-state index contributed by atoms with van der Waals surface area (Å²) in [5.74, 6) is 0.626. The third-order valence-corrected chi connectivity index (χ3v) is 3.09. The van der Waals surface area contributed by atoms with Gasteiger partial charge in [-0.2, -0.15) is 4.98 Å². The fraction of sp³-hybridized carbons (Fsp3) is 0. The van der Waals surface area contributed by atoms with E-state index in [1.165, 1.54) is 11.3 Å². The molecule has 0 saturated carbocycles. The van der Waals surface area contributed by atoms with E-state index in [0.29, 0.717) is 10.6 Å². The van der Waals surface area contributed by atoms with Crippen molar-refractivity contribution in [2.75, 3.05) is 0 Å². The first kappa shape index (κ1) is 10.2. The minimum absolute atomic E-state index is 0.411. The number of rotatable bonds is 2. The Morgan fingerprint density at radius 2 is 2.06 bits per heavy atom. The molecule has 0 spiro atoms. The molecule has 0 fully saturated rings. The summed E-state index contributed by atoms with van der Waals surface area (Å²) in [7, 11) is 0. The van der Waals surface area contributed by atoms with Crippen LogP contribution >= 0.6 is 23.6 Å². The lowest BCUT2D eigenvalue weighted by Gasteiger charge is -1.91. The van der Waals surface area contributed by atoms with Gasteiger partial charge in [0.05, 0.1) is 6.20 Å². The first-order valence-electron chi connectivity index (χ1n) is 4.70. The van der Waals surface area contributed by atoms with Gasteiger partial charge in [0.1, 0.15) is 16.4 Å². The van der Waals surface area contributed by atoms with E-state index in [4.69, 9.17) is 12.2 Å². The van der Waals surface area contributed by atoms with Crippen LogP contribution in [0.4, 0.5) is 0 Å². The van der Waals surface area contributed by atoms with Crippen molar-refractivity contribution in [3.05, 3.63) is 28.7 Å². The van der Waals surface area contributed by atoms with E-state index >= 15 is 0 Å². The Bertz CT molecular complexity index is 683. The zero-order valence-corrected chi connectivity index (χ0v) is 10.0. The van der Waals surface area contributed by atoms with Crippen LogP contribution in [-0.4, -0.2) is 30.1 Å². The first-order chi connectivity index (χ1) is 8.33. The van der Waals surface area contributed by atoms with E-state index in [9.17, 15) is 0 Å². The molecule has 8 heteroatoms. The number of nitrogens with one attached hydrogen (secondary N) is 2. The lowest BCUT2D eigenvalue weighted by Crippen LogP contribution is -1.84. The second-order valence-electron chi connectivity index (χ2n) is 3.14. The van der Waals surface area contributed by atoms with E-state index in [0.717, 1.165) is 16.4 Å². The monoisotopic (exact) mass is 262 g/mol. The normalized spacial score (nSPS) is 10.6. The van der Waals surface area contributed by atoms with Crippen LogP contribution in [0.1, 0.15) is 0 Å². The molecule has 0 aromatic carbocycles. The minimum Gasteiger partial charge on any atom is -0.280 e. The maximum absolute atomic E-state index is 4.89. The number of thiazole rings is 1. The largest absolute Gasteiger partial charge is 0.280 e. The van der Waals surface area contributed by atoms with E-state index in [1.807, 2.05) is 5.38 Å². The predicted octanol–water partition coefficient (Wildman–Crippen LogP) is 2.05. The van der Waals surface area contributed by atoms with Crippen molar-refractivity contribution < 1.29 is 0 Å². The average Bonchev–Trinajstić information content (AvgIpc) is 2.98. The predicted molar refractivity (Wildman–Crippen MR) is 65.9 cm³/mol. The Labute approximate surface area is 105 Å². The quantitative estimate of drug-likeness (QED) is 0.691. The fourth-order valence-corrected chi connectivity index (χ4v) is 2.21. The van der Waals surface area contributed by atoms with Gasteiger partial charge in [-0.15, -0.1) is 11.3 Å². The summed E-state index contributed by atoms with van der Waals surface area (Å²) in [6.45, 7) is 0. The Kier molecular flexibility index (Phi) is 2.50. The number of H-pyrrole nitrogens is 2. The number of aromatic amines is 2. The fourth-order valence-electron chi connectivity index (χ4n) is 1.30. The Morgan fingerprint density at radius 3 is 2.76 bits per heavy atom. The van der Waals surface area contributed by atoms with Gasteiger partial charge in [0.2, 0.25) is 4.77 Å². The molecule has 0 saturated heterocycles. The van der Waals surface area contributed by atoms with Crippen molar-refractivity contribution in [3.63, 3.8) is 0 Å². The lowest BCUT2D eigenvalue weighted by atomic mass is 10.4. The lowest BCUT2D eigenvalue weighted by molar-refractivity contribution is 1.08. The van der Waals surface area contributed by atoms with Crippen LogP contribution in [0, 0.1) is 4.77 Å². The Morgan fingerprint density at radius 1 is 1.12 bits per heavy atom. The van der Waals surface area contributed by atoms with Gasteiger partial charge in [-0.1, -0.05) is 0 Å². The maximum atomic E-state index is 4.89. The molecule has 0 bridgehead atoms. The summed E-state index contributed by atoms with van der Waals surface area (Å²) >= 11 is 6.37. The van der Waals surface area contributed by atoms with Crippen molar-refractivity contribution in [1.29, 1.82) is 0 Å². The molecule has 3 heterocycles. The number of aromatic nitrogens is 6. The van der Waals surface area contributed by atoms with E-state index in [1.54, 1.807) is 18.6 Å². The molecule has 3 aromatic heterocycles. The summed E-state index contributed by atoms with van der Waals surface area (Å²) in [5.41, 5.74) is 1.49. The summed E-state index contributed by atoms with van der Waals surface area (Å²) in [5, 5.41) is 8.28. The van der Waals surface area contributed by atoms with Crippen molar-refractivity contribution in [3.8, 4) is 22.2 Å². The van der Waals surface area contributed by atoms with Crippen LogP contribution in [0.5, 0.6) is 0 Å². The molecule has 2 N–H and O–H groups in total. The molecule has 3 rings (SSSR count). The topological polar surface area (TPSA) is 83.1 Å². The zero-order valence-electron chi connectivity index (χ0n) is 8.41. The van der Waals surface area contributed by atoms with Gasteiger partial charge < -0.3 is 0 Å². The van der Waals surface area contributed by atoms with Crippen molar-refractivity contribution >= 4 is 23.6 Å². The van der Waals surface area contributed by atoms with Crippen molar-refractivity contribution in [2.45, 2.75) is 0 Å². The molecule has 0 radical (unpaired) electrons. The van der Waals surface area contributed by atoms with Crippen LogP contribution in [0.25, 0.3) is 22.2 Å². The molecule has 0 atom stereocenters. The van der Waals surface area contributed by atoms with E-state index in [2.05, 4.69) is 30.1 Å². The van der Waals surface area contributed by atoms with Gasteiger partial charge in [0, 0.05) is 17.8 Å². The Balaban J connectivity index is 2.01. The number of hydrogen-bond acceptors (Lipinski definition) is 6. The highest BCUT2D eigenvalue weighted by molar-refractivity contribution is 7.71. The molecule has 0 aliphatic heterocycles. The molecular weight excluding hydrogens is 256 g/mol. The van der Waals surface area contributed by atoms with Gasteiger partial charge in [-0.25, -0.2) is 4.98 Å². The SMILES string of the molecule is S=c1nc(-c2csc(-c3cnccn3)n2)[nH][nH]1. The maximum Gasteiger partial charge on any atom is 0.213 e. The molecular formula is C9H6N6S2. The first-order valence-corrected chi connectivity index (χ1v) is 5.99. The van der Waals surface area contributed by atoms with Gasteiger partial charge in [-0.05, 0) is 12.2 Å². The average molecular weight is 262 g/mol. The second-order valence-corrected chi connectivity index (χ2v) is 4.39. The smallest absolute Gasteiger partial charge is 0.213 e. The minimum atomic E-state index is 0.411. The second kappa shape index (κ2) is 4.15. The molecule has 84 valence electrons. The summed E-state index contributed by atoms with van der Waals surface area (Å²) < 4.78 is 0.411. The molecule has 17 heavy (non-hydrogen) atoms. The summed E-state index contributed by atoms with van der Waals surface area (Å²) in [6.07, 6.45) is 4.94.